The molecule has 1 aromatic heterocycles. The molecule has 0 spiro atoms. The van der Waals surface area contributed by atoms with Crippen molar-refractivity contribution in [2.45, 2.75) is 26.3 Å². The molecule has 0 aliphatic carbocycles. The lowest BCUT2D eigenvalue weighted by Gasteiger charge is -2.14. The molecule has 3 rings (SSSR count). The SMILES string of the molecule is CC(C)c1cc(Br)ccc1OCC(=O)Nc1ccc(C(=O)NCc2ccco2)cc1. The van der Waals surface area contributed by atoms with Gasteiger partial charge in [0, 0.05) is 15.7 Å². The number of furan rings is 1. The van der Waals surface area contributed by atoms with Crippen LogP contribution in [0.4, 0.5) is 5.69 Å². The predicted octanol–water partition coefficient (Wildman–Crippen LogP) is 5.11. The van der Waals surface area contributed by atoms with Crippen LogP contribution in [0.15, 0.2) is 69.8 Å². The molecule has 0 fully saturated rings. The number of hydrogen-bond acceptors (Lipinski definition) is 4. The summed E-state index contributed by atoms with van der Waals surface area (Å²) in [6.45, 7) is 4.35. The number of ether oxygens (including phenoxy) is 1. The summed E-state index contributed by atoms with van der Waals surface area (Å²) >= 11 is 3.46. The van der Waals surface area contributed by atoms with Gasteiger partial charge >= 0.3 is 0 Å². The van der Waals surface area contributed by atoms with E-state index in [9.17, 15) is 9.59 Å². The number of anilines is 1. The molecule has 2 N–H and O–H groups in total. The van der Waals surface area contributed by atoms with Gasteiger partial charge in [-0.2, -0.15) is 0 Å². The van der Waals surface area contributed by atoms with E-state index in [1.807, 2.05) is 18.2 Å². The molecule has 0 atom stereocenters. The largest absolute Gasteiger partial charge is 0.483 e. The highest BCUT2D eigenvalue weighted by atomic mass is 79.9. The van der Waals surface area contributed by atoms with Gasteiger partial charge < -0.3 is 19.8 Å². The Balaban J connectivity index is 1.51. The van der Waals surface area contributed by atoms with Crippen molar-refractivity contribution in [2.75, 3.05) is 11.9 Å². The first-order chi connectivity index (χ1) is 14.4. The first-order valence-electron chi connectivity index (χ1n) is 9.55. The molecular formula is C23H23BrN2O4. The van der Waals surface area contributed by atoms with E-state index in [0.717, 1.165) is 10.0 Å². The van der Waals surface area contributed by atoms with Crippen LogP contribution in [-0.2, 0) is 11.3 Å². The van der Waals surface area contributed by atoms with Crippen LogP contribution in [0.2, 0.25) is 0 Å². The van der Waals surface area contributed by atoms with Gasteiger partial charge in [-0.3, -0.25) is 9.59 Å². The van der Waals surface area contributed by atoms with Crippen LogP contribution in [0.25, 0.3) is 0 Å². The Kier molecular flexibility index (Phi) is 7.30. The molecule has 0 unspecified atom stereocenters. The summed E-state index contributed by atoms with van der Waals surface area (Å²) in [6, 6.07) is 15.9. The summed E-state index contributed by atoms with van der Waals surface area (Å²) in [5, 5.41) is 5.55. The molecule has 156 valence electrons. The third-order valence-corrected chi connectivity index (χ3v) is 4.88. The second-order valence-corrected chi connectivity index (χ2v) is 7.93. The van der Waals surface area contributed by atoms with E-state index in [-0.39, 0.29) is 24.3 Å². The maximum atomic E-state index is 12.3. The molecule has 2 amide bonds. The summed E-state index contributed by atoms with van der Waals surface area (Å²) in [6.07, 6.45) is 1.56. The van der Waals surface area contributed by atoms with E-state index in [2.05, 4.69) is 40.4 Å². The van der Waals surface area contributed by atoms with Gasteiger partial charge in [0.05, 0.1) is 12.8 Å². The molecule has 0 bridgehead atoms. The number of carbonyl (C=O) groups excluding carboxylic acids is 2. The lowest BCUT2D eigenvalue weighted by atomic mass is 10.0. The first-order valence-corrected chi connectivity index (χ1v) is 10.3. The number of nitrogens with one attached hydrogen (secondary N) is 2. The minimum Gasteiger partial charge on any atom is -0.483 e. The van der Waals surface area contributed by atoms with Gasteiger partial charge in [0.2, 0.25) is 0 Å². The fourth-order valence-corrected chi connectivity index (χ4v) is 3.21. The molecule has 0 saturated carbocycles. The van der Waals surface area contributed by atoms with Crippen molar-refractivity contribution in [3.05, 3.63) is 82.2 Å². The molecule has 0 aliphatic heterocycles. The number of hydrogen-bond donors (Lipinski definition) is 2. The molecule has 1 heterocycles. The minimum atomic E-state index is -0.275. The highest BCUT2D eigenvalue weighted by Gasteiger charge is 2.11. The summed E-state index contributed by atoms with van der Waals surface area (Å²) in [7, 11) is 0. The van der Waals surface area contributed by atoms with Gasteiger partial charge in [0.15, 0.2) is 6.61 Å². The fraction of sp³-hybridized carbons (Fsp3) is 0.217. The van der Waals surface area contributed by atoms with Crippen LogP contribution < -0.4 is 15.4 Å². The van der Waals surface area contributed by atoms with Crippen molar-refractivity contribution >= 4 is 33.4 Å². The van der Waals surface area contributed by atoms with E-state index >= 15 is 0 Å². The van der Waals surface area contributed by atoms with Crippen LogP contribution in [0, 0.1) is 0 Å². The van der Waals surface area contributed by atoms with Gasteiger partial charge in [-0.25, -0.2) is 0 Å². The van der Waals surface area contributed by atoms with Crippen molar-refractivity contribution in [3.8, 4) is 5.75 Å². The number of amides is 2. The third-order valence-electron chi connectivity index (χ3n) is 4.39. The van der Waals surface area contributed by atoms with Crippen LogP contribution in [-0.4, -0.2) is 18.4 Å². The predicted molar refractivity (Wildman–Crippen MR) is 119 cm³/mol. The van der Waals surface area contributed by atoms with Gasteiger partial charge in [0.1, 0.15) is 11.5 Å². The number of benzene rings is 2. The lowest BCUT2D eigenvalue weighted by molar-refractivity contribution is -0.118. The minimum absolute atomic E-state index is 0.104. The van der Waals surface area contributed by atoms with Crippen molar-refractivity contribution in [1.82, 2.24) is 5.32 Å². The molecule has 2 aromatic carbocycles. The third kappa shape index (κ3) is 5.97. The Labute approximate surface area is 183 Å². The molecular weight excluding hydrogens is 448 g/mol. The van der Waals surface area contributed by atoms with Crippen LogP contribution >= 0.6 is 15.9 Å². The number of carbonyl (C=O) groups is 2. The average molecular weight is 471 g/mol. The summed E-state index contributed by atoms with van der Waals surface area (Å²) < 4.78 is 11.9. The smallest absolute Gasteiger partial charge is 0.262 e. The Hall–Kier alpha value is -3.06. The fourth-order valence-electron chi connectivity index (χ4n) is 2.83. The Morgan fingerprint density at radius 1 is 1.10 bits per heavy atom. The zero-order valence-electron chi connectivity index (χ0n) is 16.8. The maximum absolute atomic E-state index is 12.3. The molecule has 3 aromatic rings. The van der Waals surface area contributed by atoms with E-state index in [1.165, 1.54) is 0 Å². The Morgan fingerprint density at radius 2 is 1.87 bits per heavy atom. The topological polar surface area (TPSA) is 80.6 Å². The average Bonchev–Trinajstić information content (AvgIpc) is 3.25. The second-order valence-electron chi connectivity index (χ2n) is 7.01. The molecule has 0 aliphatic rings. The van der Waals surface area contributed by atoms with Crippen molar-refractivity contribution in [3.63, 3.8) is 0 Å². The number of rotatable bonds is 8. The second kappa shape index (κ2) is 10.1. The van der Waals surface area contributed by atoms with Gasteiger partial charge in [-0.05, 0) is 66.1 Å². The standard InChI is InChI=1S/C23H23BrN2O4/c1-15(2)20-12-17(24)7-10-21(20)30-14-22(27)26-18-8-5-16(6-9-18)23(28)25-13-19-4-3-11-29-19/h3-12,15H,13-14H2,1-2H3,(H,25,28)(H,26,27). The van der Waals surface area contributed by atoms with Crippen molar-refractivity contribution in [2.24, 2.45) is 0 Å². The van der Waals surface area contributed by atoms with Crippen LogP contribution in [0.1, 0.15) is 41.4 Å². The van der Waals surface area contributed by atoms with Crippen LogP contribution in [0.3, 0.4) is 0 Å². The highest BCUT2D eigenvalue weighted by molar-refractivity contribution is 9.10. The van der Waals surface area contributed by atoms with E-state index in [4.69, 9.17) is 9.15 Å². The zero-order valence-corrected chi connectivity index (χ0v) is 18.4. The van der Waals surface area contributed by atoms with E-state index in [0.29, 0.717) is 29.3 Å². The Morgan fingerprint density at radius 3 is 2.53 bits per heavy atom. The molecule has 6 nitrogen and oxygen atoms in total. The van der Waals surface area contributed by atoms with Crippen molar-refractivity contribution in [1.29, 1.82) is 0 Å². The van der Waals surface area contributed by atoms with Crippen molar-refractivity contribution < 1.29 is 18.7 Å². The monoisotopic (exact) mass is 470 g/mol. The maximum Gasteiger partial charge on any atom is 0.262 e. The van der Waals surface area contributed by atoms with Gasteiger partial charge in [0.25, 0.3) is 11.8 Å². The molecule has 30 heavy (non-hydrogen) atoms. The zero-order chi connectivity index (χ0) is 21.5. The van der Waals surface area contributed by atoms with Crippen LogP contribution in [0.5, 0.6) is 5.75 Å². The molecule has 0 radical (unpaired) electrons. The summed E-state index contributed by atoms with van der Waals surface area (Å²) in [5.74, 6) is 1.14. The van der Waals surface area contributed by atoms with Gasteiger partial charge in [-0.15, -0.1) is 0 Å². The first kappa shape index (κ1) is 21.6. The quantitative estimate of drug-likeness (QED) is 0.479. The molecule has 7 heteroatoms. The Bertz CT molecular complexity index is 999. The molecule has 0 saturated heterocycles. The number of halogens is 1. The highest BCUT2D eigenvalue weighted by Crippen LogP contribution is 2.29. The summed E-state index contributed by atoms with van der Waals surface area (Å²) in [4.78, 5) is 24.4. The normalized spacial score (nSPS) is 10.7. The van der Waals surface area contributed by atoms with Gasteiger partial charge in [-0.1, -0.05) is 29.8 Å². The summed E-state index contributed by atoms with van der Waals surface area (Å²) in [5.41, 5.74) is 2.11. The lowest BCUT2D eigenvalue weighted by Crippen LogP contribution is -2.23. The van der Waals surface area contributed by atoms with E-state index in [1.54, 1.807) is 42.7 Å². The van der Waals surface area contributed by atoms with E-state index < -0.39 is 0 Å².